The fourth-order valence-electron chi connectivity index (χ4n) is 2.74. The van der Waals surface area contributed by atoms with Gasteiger partial charge in [0, 0.05) is 7.11 Å². The summed E-state index contributed by atoms with van der Waals surface area (Å²) in [4.78, 5) is 0. The number of rotatable bonds is 5. The van der Waals surface area contributed by atoms with Gasteiger partial charge in [0.15, 0.2) is 5.79 Å². The standard InChI is InChI=1S/C19H30O3/c1-9-19(7,20)13-10-15-14(2)16(11-12-17(15,3)4)22-18(5,6)21-8/h1,10,13,16,20H,11-12H2,2-8H3/b13-10+. The quantitative estimate of drug-likeness (QED) is 0.620. The van der Waals surface area contributed by atoms with Gasteiger partial charge < -0.3 is 14.6 Å². The fraction of sp³-hybridized carbons (Fsp3) is 0.684. The van der Waals surface area contributed by atoms with Gasteiger partial charge in [0.25, 0.3) is 0 Å². The minimum absolute atomic E-state index is 0.0124. The Labute approximate surface area is 135 Å². The van der Waals surface area contributed by atoms with Gasteiger partial charge in [-0.2, -0.15) is 0 Å². The summed E-state index contributed by atoms with van der Waals surface area (Å²) < 4.78 is 11.5. The Kier molecular flexibility index (Phi) is 5.67. The summed E-state index contributed by atoms with van der Waals surface area (Å²) in [6.45, 7) is 11.9. The molecule has 124 valence electrons. The highest BCUT2D eigenvalue weighted by atomic mass is 16.7. The summed E-state index contributed by atoms with van der Waals surface area (Å²) >= 11 is 0. The van der Waals surface area contributed by atoms with Gasteiger partial charge in [0.1, 0.15) is 5.60 Å². The normalized spacial score (nSPS) is 25.1. The number of methoxy groups -OCH3 is 1. The van der Waals surface area contributed by atoms with E-state index >= 15 is 0 Å². The zero-order chi connectivity index (χ0) is 17.2. The molecule has 0 saturated heterocycles. The lowest BCUT2D eigenvalue weighted by molar-refractivity contribution is -0.218. The van der Waals surface area contributed by atoms with E-state index in [4.69, 9.17) is 15.9 Å². The van der Waals surface area contributed by atoms with Gasteiger partial charge in [-0.1, -0.05) is 25.8 Å². The largest absolute Gasteiger partial charge is 0.374 e. The van der Waals surface area contributed by atoms with Gasteiger partial charge in [-0.05, 0) is 63.2 Å². The van der Waals surface area contributed by atoms with Gasteiger partial charge in [-0.25, -0.2) is 0 Å². The monoisotopic (exact) mass is 306 g/mol. The predicted octanol–water partition coefficient (Wildman–Crippen LogP) is 3.83. The number of ether oxygens (including phenoxy) is 2. The Morgan fingerprint density at radius 2 is 1.95 bits per heavy atom. The van der Waals surface area contributed by atoms with E-state index in [1.807, 2.05) is 19.9 Å². The highest BCUT2D eigenvalue weighted by molar-refractivity contribution is 5.37. The Bertz CT molecular complexity index is 501. The van der Waals surface area contributed by atoms with Gasteiger partial charge >= 0.3 is 0 Å². The molecule has 0 amide bonds. The summed E-state index contributed by atoms with van der Waals surface area (Å²) in [5.74, 6) is 1.76. The second-order valence-corrected chi connectivity index (χ2v) is 7.35. The topological polar surface area (TPSA) is 38.7 Å². The van der Waals surface area contributed by atoms with Crippen LogP contribution in [0.25, 0.3) is 0 Å². The molecule has 0 aromatic carbocycles. The second-order valence-electron chi connectivity index (χ2n) is 7.35. The first-order chi connectivity index (χ1) is 9.94. The van der Waals surface area contributed by atoms with Crippen LogP contribution in [-0.4, -0.2) is 29.7 Å². The van der Waals surface area contributed by atoms with E-state index in [-0.39, 0.29) is 11.5 Å². The van der Waals surface area contributed by atoms with Crippen molar-refractivity contribution in [1.82, 2.24) is 0 Å². The van der Waals surface area contributed by atoms with Gasteiger partial charge in [0.05, 0.1) is 6.10 Å². The lowest BCUT2D eigenvalue weighted by atomic mass is 9.71. The van der Waals surface area contributed by atoms with E-state index < -0.39 is 11.4 Å². The Morgan fingerprint density at radius 1 is 1.36 bits per heavy atom. The maximum Gasteiger partial charge on any atom is 0.163 e. The van der Waals surface area contributed by atoms with Crippen LogP contribution >= 0.6 is 0 Å². The number of hydrogen-bond acceptors (Lipinski definition) is 3. The Morgan fingerprint density at radius 3 is 2.45 bits per heavy atom. The number of hydrogen-bond donors (Lipinski definition) is 1. The molecule has 0 bridgehead atoms. The molecule has 2 atom stereocenters. The number of terminal acetylenes is 1. The summed E-state index contributed by atoms with van der Waals surface area (Å²) in [7, 11) is 1.65. The molecule has 1 aliphatic rings. The van der Waals surface area contributed by atoms with Crippen molar-refractivity contribution in [3.63, 3.8) is 0 Å². The maximum atomic E-state index is 10.0. The lowest BCUT2D eigenvalue weighted by Crippen LogP contribution is -2.37. The Balaban J connectivity index is 3.14. The maximum absolute atomic E-state index is 10.0. The van der Waals surface area contributed by atoms with Crippen molar-refractivity contribution in [2.24, 2.45) is 5.41 Å². The molecule has 22 heavy (non-hydrogen) atoms. The van der Waals surface area contributed by atoms with Crippen molar-refractivity contribution in [2.75, 3.05) is 7.11 Å². The summed E-state index contributed by atoms with van der Waals surface area (Å²) in [6, 6.07) is 0. The zero-order valence-electron chi connectivity index (χ0n) is 15.0. The van der Waals surface area contributed by atoms with E-state index in [1.165, 1.54) is 11.1 Å². The van der Waals surface area contributed by atoms with Crippen molar-refractivity contribution in [2.45, 2.75) is 71.9 Å². The van der Waals surface area contributed by atoms with Crippen LogP contribution in [0.15, 0.2) is 23.3 Å². The first-order valence-corrected chi connectivity index (χ1v) is 7.78. The molecule has 0 heterocycles. The second kappa shape index (κ2) is 6.58. The highest BCUT2D eigenvalue weighted by Gasteiger charge is 2.35. The molecule has 0 aromatic heterocycles. The van der Waals surface area contributed by atoms with E-state index in [1.54, 1.807) is 20.1 Å². The minimum atomic E-state index is -1.23. The molecule has 3 nitrogen and oxygen atoms in total. The molecule has 0 saturated carbocycles. The number of allylic oxidation sites excluding steroid dienone is 2. The first kappa shape index (κ1) is 19.0. The van der Waals surface area contributed by atoms with Crippen LogP contribution in [0.3, 0.4) is 0 Å². The molecule has 1 N–H and O–H groups in total. The van der Waals surface area contributed by atoms with Crippen LogP contribution in [0.2, 0.25) is 0 Å². The molecular formula is C19H30O3. The van der Waals surface area contributed by atoms with Crippen molar-refractivity contribution >= 4 is 0 Å². The van der Waals surface area contributed by atoms with Crippen LogP contribution in [0.5, 0.6) is 0 Å². The highest BCUT2D eigenvalue weighted by Crippen LogP contribution is 2.43. The van der Waals surface area contributed by atoms with Gasteiger partial charge in [-0.3, -0.25) is 0 Å². The van der Waals surface area contributed by atoms with E-state index in [2.05, 4.69) is 26.7 Å². The van der Waals surface area contributed by atoms with Crippen LogP contribution in [0.4, 0.5) is 0 Å². The van der Waals surface area contributed by atoms with E-state index in [9.17, 15) is 5.11 Å². The van der Waals surface area contributed by atoms with Crippen LogP contribution < -0.4 is 0 Å². The third kappa shape index (κ3) is 4.71. The molecule has 0 radical (unpaired) electrons. The van der Waals surface area contributed by atoms with E-state index in [0.717, 1.165) is 12.8 Å². The molecule has 0 aliphatic heterocycles. The van der Waals surface area contributed by atoms with Crippen LogP contribution in [0.1, 0.15) is 54.4 Å². The molecular weight excluding hydrogens is 276 g/mol. The average Bonchev–Trinajstić information content (AvgIpc) is 2.41. The lowest BCUT2D eigenvalue weighted by Gasteiger charge is -2.40. The average molecular weight is 306 g/mol. The summed E-state index contributed by atoms with van der Waals surface area (Å²) in [5.41, 5.74) is 1.14. The van der Waals surface area contributed by atoms with E-state index in [0.29, 0.717) is 0 Å². The van der Waals surface area contributed by atoms with Crippen molar-refractivity contribution in [1.29, 1.82) is 0 Å². The minimum Gasteiger partial charge on any atom is -0.374 e. The Hall–Kier alpha value is -1.08. The summed E-state index contributed by atoms with van der Waals surface area (Å²) in [5, 5.41) is 10.0. The molecule has 3 heteroatoms. The molecule has 2 unspecified atom stereocenters. The zero-order valence-corrected chi connectivity index (χ0v) is 15.0. The van der Waals surface area contributed by atoms with Crippen molar-refractivity contribution in [3.05, 3.63) is 23.3 Å². The smallest absolute Gasteiger partial charge is 0.163 e. The number of aliphatic hydroxyl groups is 1. The molecule has 0 spiro atoms. The SMILES string of the molecule is C#CC(C)(O)/C=C/C1=C(C)C(OC(C)(C)OC)CCC1(C)C. The molecule has 1 rings (SSSR count). The molecule has 1 aliphatic carbocycles. The molecule has 0 aromatic rings. The molecule has 0 fully saturated rings. The van der Waals surface area contributed by atoms with Crippen molar-refractivity contribution in [3.8, 4) is 12.3 Å². The van der Waals surface area contributed by atoms with Crippen molar-refractivity contribution < 1.29 is 14.6 Å². The van der Waals surface area contributed by atoms with Gasteiger partial charge in [-0.15, -0.1) is 6.42 Å². The third-order valence-electron chi connectivity index (χ3n) is 4.45. The third-order valence-corrected chi connectivity index (χ3v) is 4.45. The fourth-order valence-corrected chi connectivity index (χ4v) is 2.74. The van der Waals surface area contributed by atoms with Gasteiger partial charge in [0.2, 0.25) is 0 Å². The predicted molar refractivity (Wildman–Crippen MR) is 90.3 cm³/mol. The first-order valence-electron chi connectivity index (χ1n) is 7.78. The van der Waals surface area contributed by atoms with Crippen LogP contribution in [-0.2, 0) is 9.47 Å². The summed E-state index contributed by atoms with van der Waals surface area (Å²) in [6.07, 6.45) is 10.9. The van der Waals surface area contributed by atoms with Crippen LogP contribution in [0, 0.1) is 17.8 Å².